The van der Waals surface area contributed by atoms with Crippen molar-refractivity contribution in [1.82, 2.24) is 19.7 Å². The van der Waals surface area contributed by atoms with Crippen molar-refractivity contribution in [2.24, 2.45) is 5.92 Å². The molecule has 7 nitrogen and oxygen atoms in total. The predicted octanol–water partition coefficient (Wildman–Crippen LogP) is 1.99. The number of hydrogen-bond donors (Lipinski definition) is 1. The first-order valence-corrected chi connectivity index (χ1v) is 9.13. The van der Waals surface area contributed by atoms with Crippen LogP contribution in [-0.2, 0) is 9.59 Å². The van der Waals surface area contributed by atoms with Gasteiger partial charge in [0.05, 0.1) is 11.7 Å². The van der Waals surface area contributed by atoms with Gasteiger partial charge in [0, 0.05) is 18.8 Å². The number of carbonyl (C=O) groups is 2. The highest BCUT2D eigenvalue weighted by atomic mass is 32.2. The zero-order valence-corrected chi connectivity index (χ0v) is 14.8. The fourth-order valence-corrected chi connectivity index (χ4v) is 3.63. The third-order valence-electron chi connectivity index (χ3n) is 4.35. The van der Waals surface area contributed by atoms with Crippen LogP contribution in [0.1, 0.15) is 18.4 Å². The van der Waals surface area contributed by atoms with Crippen LogP contribution < -0.4 is 0 Å². The molecule has 2 aromatic rings. The first-order chi connectivity index (χ1) is 12.0. The molecule has 1 aliphatic heterocycles. The second kappa shape index (κ2) is 7.69. The summed E-state index contributed by atoms with van der Waals surface area (Å²) in [5.41, 5.74) is 2.12. The molecule has 0 bridgehead atoms. The smallest absolute Gasteiger partial charge is 0.306 e. The minimum Gasteiger partial charge on any atom is -0.481 e. The van der Waals surface area contributed by atoms with Gasteiger partial charge in [0.15, 0.2) is 5.16 Å². The Balaban J connectivity index is 1.58. The van der Waals surface area contributed by atoms with Crippen LogP contribution >= 0.6 is 11.8 Å². The highest BCUT2D eigenvalue weighted by Crippen LogP contribution is 2.22. The molecule has 1 saturated heterocycles. The molecule has 25 heavy (non-hydrogen) atoms. The monoisotopic (exact) mass is 360 g/mol. The van der Waals surface area contributed by atoms with E-state index in [0.29, 0.717) is 31.1 Å². The zero-order chi connectivity index (χ0) is 17.8. The van der Waals surface area contributed by atoms with Gasteiger partial charge in [0.25, 0.3) is 0 Å². The number of amides is 1. The number of piperidine rings is 1. The van der Waals surface area contributed by atoms with E-state index in [4.69, 9.17) is 5.11 Å². The van der Waals surface area contributed by atoms with E-state index in [9.17, 15) is 9.59 Å². The van der Waals surface area contributed by atoms with Gasteiger partial charge in [0.1, 0.15) is 6.33 Å². The number of carboxylic acids is 1. The highest BCUT2D eigenvalue weighted by molar-refractivity contribution is 7.99. The van der Waals surface area contributed by atoms with Crippen LogP contribution in [-0.4, -0.2) is 55.5 Å². The SMILES string of the molecule is Cc1ccc(-n2cnnc2SCC(=O)N2CCC(C(=O)O)CC2)cc1. The lowest BCUT2D eigenvalue weighted by Gasteiger charge is -2.30. The molecule has 3 rings (SSSR count). The Labute approximate surface area is 150 Å². The number of likely N-dealkylation sites (tertiary alicyclic amines) is 1. The second-order valence-electron chi connectivity index (χ2n) is 6.10. The van der Waals surface area contributed by atoms with Gasteiger partial charge in [-0.25, -0.2) is 0 Å². The van der Waals surface area contributed by atoms with E-state index in [1.807, 2.05) is 35.8 Å². The quantitative estimate of drug-likeness (QED) is 0.821. The Morgan fingerprint density at radius 3 is 2.56 bits per heavy atom. The number of thioether (sulfide) groups is 1. The molecule has 1 aliphatic rings. The van der Waals surface area contributed by atoms with Crippen molar-refractivity contribution in [3.05, 3.63) is 36.2 Å². The van der Waals surface area contributed by atoms with E-state index in [0.717, 1.165) is 5.69 Å². The summed E-state index contributed by atoms with van der Waals surface area (Å²) >= 11 is 1.34. The Morgan fingerprint density at radius 1 is 1.24 bits per heavy atom. The molecule has 1 N–H and O–H groups in total. The normalized spacial score (nSPS) is 15.3. The third kappa shape index (κ3) is 4.19. The molecule has 0 radical (unpaired) electrons. The van der Waals surface area contributed by atoms with Crippen molar-refractivity contribution < 1.29 is 14.7 Å². The van der Waals surface area contributed by atoms with Crippen molar-refractivity contribution in [3.8, 4) is 5.69 Å². The highest BCUT2D eigenvalue weighted by Gasteiger charge is 2.27. The average Bonchev–Trinajstić information content (AvgIpc) is 3.09. The number of hydrogen-bond acceptors (Lipinski definition) is 5. The molecule has 8 heteroatoms. The van der Waals surface area contributed by atoms with Gasteiger partial charge in [-0.05, 0) is 31.9 Å². The molecule has 0 unspecified atom stereocenters. The van der Waals surface area contributed by atoms with Gasteiger partial charge >= 0.3 is 5.97 Å². The van der Waals surface area contributed by atoms with Crippen molar-refractivity contribution in [2.45, 2.75) is 24.9 Å². The Morgan fingerprint density at radius 2 is 1.92 bits per heavy atom. The number of aryl methyl sites for hydroxylation is 1. The summed E-state index contributed by atoms with van der Waals surface area (Å²) in [4.78, 5) is 25.1. The van der Waals surface area contributed by atoms with E-state index in [1.54, 1.807) is 11.2 Å². The third-order valence-corrected chi connectivity index (χ3v) is 5.28. The molecular formula is C17H20N4O3S. The molecule has 0 spiro atoms. The molecular weight excluding hydrogens is 340 g/mol. The number of rotatable bonds is 5. The molecule has 1 aromatic carbocycles. The maximum Gasteiger partial charge on any atom is 0.306 e. The maximum atomic E-state index is 12.4. The van der Waals surface area contributed by atoms with E-state index >= 15 is 0 Å². The first kappa shape index (κ1) is 17.5. The summed E-state index contributed by atoms with van der Waals surface area (Å²) < 4.78 is 1.86. The number of aromatic nitrogens is 3. The number of aliphatic carboxylic acids is 1. The van der Waals surface area contributed by atoms with Gasteiger partial charge in [-0.15, -0.1) is 10.2 Å². The second-order valence-corrected chi connectivity index (χ2v) is 7.04. The van der Waals surface area contributed by atoms with Crippen LogP contribution in [0.15, 0.2) is 35.7 Å². The molecule has 1 amide bonds. The summed E-state index contributed by atoms with van der Waals surface area (Å²) in [5, 5.41) is 17.7. The predicted molar refractivity (Wildman–Crippen MR) is 93.8 cm³/mol. The van der Waals surface area contributed by atoms with Gasteiger partial charge in [-0.2, -0.15) is 0 Å². The van der Waals surface area contributed by atoms with Crippen molar-refractivity contribution >= 4 is 23.6 Å². The lowest BCUT2D eigenvalue weighted by atomic mass is 9.97. The summed E-state index contributed by atoms with van der Waals surface area (Å²) in [6.45, 7) is 3.03. The van der Waals surface area contributed by atoms with Crippen molar-refractivity contribution in [1.29, 1.82) is 0 Å². The molecule has 0 saturated carbocycles. The standard InChI is InChI=1S/C17H20N4O3S/c1-12-2-4-14(5-3-12)21-11-18-19-17(21)25-10-15(22)20-8-6-13(7-9-20)16(23)24/h2-5,11,13H,6-10H2,1H3,(H,23,24). The fraction of sp³-hybridized carbons (Fsp3) is 0.412. The van der Waals surface area contributed by atoms with Gasteiger partial charge in [0.2, 0.25) is 5.91 Å². The summed E-state index contributed by atoms with van der Waals surface area (Å²) in [7, 11) is 0. The maximum absolute atomic E-state index is 12.4. The van der Waals surface area contributed by atoms with Crippen LogP contribution in [0.3, 0.4) is 0 Å². The molecule has 1 aromatic heterocycles. The summed E-state index contributed by atoms with van der Waals surface area (Å²) in [6, 6.07) is 8.01. The minimum atomic E-state index is -0.771. The fourth-order valence-electron chi connectivity index (χ4n) is 2.80. The van der Waals surface area contributed by atoms with Gasteiger partial charge in [-0.3, -0.25) is 14.2 Å². The van der Waals surface area contributed by atoms with Crippen LogP contribution in [0.4, 0.5) is 0 Å². The van der Waals surface area contributed by atoms with Crippen LogP contribution in [0.2, 0.25) is 0 Å². The van der Waals surface area contributed by atoms with E-state index in [1.165, 1.54) is 17.3 Å². The van der Waals surface area contributed by atoms with Crippen LogP contribution in [0, 0.1) is 12.8 Å². The average molecular weight is 360 g/mol. The van der Waals surface area contributed by atoms with Gasteiger partial charge in [-0.1, -0.05) is 29.5 Å². The first-order valence-electron chi connectivity index (χ1n) is 8.15. The van der Waals surface area contributed by atoms with Crippen LogP contribution in [0.25, 0.3) is 5.69 Å². The Kier molecular flexibility index (Phi) is 5.37. The lowest BCUT2D eigenvalue weighted by molar-refractivity contribution is -0.145. The van der Waals surface area contributed by atoms with E-state index in [-0.39, 0.29) is 17.6 Å². The lowest BCUT2D eigenvalue weighted by Crippen LogP contribution is -2.41. The molecule has 1 fully saturated rings. The largest absolute Gasteiger partial charge is 0.481 e. The molecule has 132 valence electrons. The summed E-state index contributed by atoms with van der Waals surface area (Å²) in [5.74, 6) is -0.830. The van der Waals surface area contributed by atoms with Crippen LogP contribution in [0.5, 0.6) is 0 Å². The topological polar surface area (TPSA) is 88.3 Å². The molecule has 2 heterocycles. The summed E-state index contributed by atoms with van der Waals surface area (Å²) in [6.07, 6.45) is 2.67. The van der Waals surface area contributed by atoms with Gasteiger partial charge < -0.3 is 10.0 Å². The zero-order valence-electron chi connectivity index (χ0n) is 14.0. The molecule has 0 aliphatic carbocycles. The van der Waals surface area contributed by atoms with E-state index < -0.39 is 5.97 Å². The Hall–Kier alpha value is -2.35. The number of carboxylic acid groups (broad SMARTS) is 1. The number of carbonyl (C=O) groups excluding carboxylic acids is 1. The molecule has 0 atom stereocenters. The van der Waals surface area contributed by atoms with E-state index in [2.05, 4.69) is 10.2 Å². The van der Waals surface area contributed by atoms with Crippen molar-refractivity contribution in [2.75, 3.05) is 18.8 Å². The number of benzene rings is 1. The van der Waals surface area contributed by atoms with Crippen molar-refractivity contribution in [3.63, 3.8) is 0 Å². The minimum absolute atomic E-state index is 0.00675. The number of nitrogens with zero attached hydrogens (tertiary/aromatic N) is 4. The Bertz CT molecular complexity index is 752.